The molecule has 0 saturated heterocycles. The molecule has 0 radical (unpaired) electrons. The van der Waals surface area contributed by atoms with E-state index in [1.807, 2.05) is 30.6 Å². The number of rotatable bonds is 5. The summed E-state index contributed by atoms with van der Waals surface area (Å²) >= 11 is 0. The Morgan fingerprint density at radius 2 is 1.09 bits per heavy atom. The van der Waals surface area contributed by atoms with Crippen LogP contribution in [0.5, 0.6) is 11.5 Å². The highest BCUT2D eigenvalue weighted by molar-refractivity contribution is 6.09. The van der Waals surface area contributed by atoms with E-state index in [1.165, 1.54) is 27.6 Å². The van der Waals surface area contributed by atoms with Gasteiger partial charge in [0.05, 0.1) is 27.8 Å². The monoisotopic (exact) mass is 753 g/mol. The fraction of sp³-hybridized carbons (Fsp3) is 0.314. The van der Waals surface area contributed by atoms with Crippen LogP contribution in [0.25, 0.3) is 50.2 Å². The lowest BCUT2D eigenvalue weighted by Crippen LogP contribution is -2.31. The van der Waals surface area contributed by atoms with Gasteiger partial charge in [0, 0.05) is 35.3 Å². The predicted octanol–water partition coefficient (Wildman–Crippen LogP) is 12.6. The van der Waals surface area contributed by atoms with Gasteiger partial charge >= 0.3 is 0 Å². The average molecular weight is 754 g/mol. The van der Waals surface area contributed by atoms with E-state index in [0.29, 0.717) is 5.75 Å². The molecule has 0 aliphatic heterocycles. The summed E-state index contributed by atoms with van der Waals surface area (Å²) < 4.78 is 13.2. The van der Waals surface area contributed by atoms with Crippen LogP contribution in [0.1, 0.15) is 105 Å². The maximum absolute atomic E-state index is 6.68. The van der Waals surface area contributed by atoms with Crippen molar-refractivity contribution in [2.45, 2.75) is 105 Å². The summed E-state index contributed by atoms with van der Waals surface area (Å²) in [5.41, 5.74) is 10.3. The first-order chi connectivity index (χ1) is 26.8. The molecule has 8 rings (SSSR count). The Hall–Kier alpha value is -5.75. The van der Waals surface area contributed by atoms with Crippen molar-refractivity contribution < 1.29 is 9.30 Å². The van der Waals surface area contributed by atoms with E-state index in [0.717, 1.165) is 50.5 Å². The Morgan fingerprint density at radius 1 is 0.491 bits per heavy atom. The normalized spacial score (nSPS) is 12.9. The van der Waals surface area contributed by atoms with Gasteiger partial charge in [0.1, 0.15) is 17.3 Å². The Morgan fingerprint density at radius 3 is 1.77 bits per heavy atom. The molecule has 0 amide bonds. The van der Waals surface area contributed by atoms with Crippen LogP contribution in [-0.2, 0) is 21.7 Å². The van der Waals surface area contributed by atoms with E-state index < -0.39 is 0 Å². The zero-order valence-corrected chi connectivity index (χ0v) is 35.6. The lowest BCUT2D eigenvalue weighted by Gasteiger charge is -2.26. The van der Waals surface area contributed by atoms with Crippen LogP contribution < -0.4 is 9.30 Å². The summed E-state index contributed by atoms with van der Waals surface area (Å²) in [5.74, 6) is 3.03. The molecule has 8 aromatic rings. The Kier molecular flexibility index (Phi) is 8.99. The summed E-state index contributed by atoms with van der Waals surface area (Å²) in [5, 5.41) is 2.32. The fourth-order valence-corrected chi connectivity index (χ4v) is 7.53. The van der Waals surface area contributed by atoms with Gasteiger partial charge in [-0.15, -0.1) is 0 Å². The molecular formula is C51H55N5O. The number of benzene rings is 4. The zero-order valence-electron chi connectivity index (χ0n) is 35.6. The third-order valence-electron chi connectivity index (χ3n) is 11.1. The predicted molar refractivity (Wildman–Crippen MR) is 235 cm³/mol. The summed E-state index contributed by atoms with van der Waals surface area (Å²) in [4.78, 5) is 9.74. The van der Waals surface area contributed by atoms with Gasteiger partial charge in [-0.25, -0.2) is 4.98 Å². The van der Waals surface area contributed by atoms with Crippen LogP contribution in [0.2, 0.25) is 0 Å². The molecule has 0 saturated carbocycles. The molecule has 0 atom stereocenters. The number of aromatic nitrogens is 5. The van der Waals surface area contributed by atoms with Crippen molar-refractivity contribution in [3.63, 3.8) is 0 Å². The molecule has 0 unspecified atom stereocenters. The molecule has 290 valence electrons. The van der Waals surface area contributed by atoms with Gasteiger partial charge in [0.15, 0.2) is 5.82 Å². The first-order valence-electron chi connectivity index (χ1n) is 20.1. The van der Waals surface area contributed by atoms with Gasteiger partial charge in [-0.05, 0) is 98.5 Å². The number of hydrogen-bond acceptors (Lipinski definition) is 3. The van der Waals surface area contributed by atoms with Crippen molar-refractivity contribution in [1.82, 2.24) is 19.1 Å². The number of imidazole rings is 1. The van der Waals surface area contributed by atoms with Crippen molar-refractivity contribution >= 4 is 32.8 Å². The highest BCUT2D eigenvalue weighted by Crippen LogP contribution is 2.37. The minimum atomic E-state index is -0.0256. The minimum absolute atomic E-state index is 0.00771. The summed E-state index contributed by atoms with van der Waals surface area (Å²) in [7, 11) is 0. The second-order valence-corrected chi connectivity index (χ2v) is 19.6. The van der Waals surface area contributed by atoms with Crippen molar-refractivity contribution in [2.75, 3.05) is 0 Å². The maximum atomic E-state index is 6.68. The van der Waals surface area contributed by atoms with E-state index in [-0.39, 0.29) is 21.7 Å². The van der Waals surface area contributed by atoms with Gasteiger partial charge in [0.25, 0.3) is 6.33 Å². The molecule has 6 nitrogen and oxygen atoms in total. The van der Waals surface area contributed by atoms with Gasteiger partial charge in [0.2, 0.25) is 0 Å². The SMILES string of the molecule is CC(C)(C)c1cc(-[n+]2[c-]n(-c3cc(Oc4ccc5c6ccccc6n(-c6cc(C(C)(C)C)ccn6)c5c4)ccn3)c3ccc(C(C)(C)C)cc32)cc(C(C)(C)C)c1. The van der Waals surface area contributed by atoms with E-state index in [1.54, 1.807) is 0 Å². The fourth-order valence-electron chi connectivity index (χ4n) is 7.53. The molecule has 0 aliphatic carbocycles. The van der Waals surface area contributed by atoms with Crippen LogP contribution in [-0.4, -0.2) is 19.1 Å². The van der Waals surface area contributed by atoms with E-state index in [9.17, 15) is 0 Å². The van der Waals surface area contributed by atoms with E-state index in [4.69, 9.17) is 14.7 Å². The zero-order chi connectivity index (χ0) is 40.7. The topological polar surface area (TPSA) is 48.8 Å². The molecule has 0 spiro atoms. The molecular weight excluding hydrogens is 699 g/mol. The molecule has 4 aromatic heterocycles. The third kappa shape index (κ3) is 7.22. The lowest BCUT2D eigenvalue weighted by atomic mass is 9.80. The summed E-state index contributed by atoms with van der Waals surface area (Å²) in [6.07, 6.45) is 7.46. The van der Waals surface area contributed by atoms with Crippen molar-refractivity contribution in [2.24, 2.45) is 0 Å². The first-order valence-corrected chi connectivity index (χ1v) is 20.1. The van der Waals surface area contributed by atoms with Crippen LogP contribution in [0.3, 0.4) is 0 Å². The molecule has 57 heavy (non-hydrogen) atoms. The average Bonchev–Trinajstić information content (AvgIpc) is 3.69. The largest absolute Gasteiger partial charge is 0.458 e. The Balaban J connectivity index is 1.24. The van der Waals surface area contributed by atoms with Gasteiger partial charge in [-0.2, -0.15) is 0 Å². The van der Waals surface area contributed by atoms with Crippen molar-refractivity contribution in [1.29, 1.82) is 0 Å². The molecule has 0 fully saturated rings. The number of nitrogens with zero attached hydrogens (tertiary/aromatic N) is 5. The second-order valence-electron chi connectivity index (χ2n) is 19.6. The maximum Gasteiger partial charge on any atom is 0.271 e. The van der Waals surface area contributed by atoms with Crippen LogP contribution >= 0.6 is 0 Å². The van der Waals surface area contributed by atoms with Gasteiger partial charge in [-0.3, -0.25) is 18.7 Å². The first kappa shape index (κ1) is 38.1. The number of fused-ring (bicyclic) bond motifs is 4. The van der Waals surface area contributed by atoms with Crippen LogP contribution in [0.15, 0.2) is 116 Å². The highest BCUT2D eigenvalue weighted by Gasteiger charge is 2.24. The molecule has 4 aromatic carbocycles. The Labute approximate surface area is 337 Å². The number of hydrogen-bond donors (Lipinski definition) is 0. The van der Waals surface area contributed by atoms with Gasteiger partial charge in [-0.1, -0.05) is 119 Å². The molecule has 0 N–H and O–H groups in total. The molecule has 0 bridgehead atoms. The third-order valence-corrected chi connectivity index (χ3v) is 11.1. The van der Waals surface area contributed by atoms with Gasteiger partial charge < -0.3 is 4.74 Å². The minimum Gasteiger partial charge on any atom is -0.458 e. The summed E-state index contributed by atoms with van der Waals surface area (Å²) in [6.45, 7) is 27.2. The number of ether oxygens (including phenoxy) is 1. The molecule has 4 heterocycles. The van der Waals surface area contributed by atoms with Crippen LogP contribution in [0.4, 0.5) is 0 Å². The standard InChI is InChI=1S/C51H55N5O/c1-48(2,3)33-17-20-43-45(28-33)54(37-26-35(50(7,8)9)25-36(27-37)51(10,11)12)32-55(43)46-31-39(22-24-52-46)57-38-18-19-41-40-15-13-14-16-42(40)56(44(41)30-38)47-29-34(21-23-53-47)49(4,5)6/h13-31H,1-12H3. The molecule has 0 aliphatic rings. The smallest absolute Gasteiger partial charge is 0.271 e. The quantitative estimate of drug-likeness (QED) is 0.130. The van der Waals surface area contributed by atoms with E-state index >= 15 is 0 Å². The number of para-hydroxylation sites is 1. The van der Waals surface area contributed by atoms with E-state index in [2.05, 4.69) is 188 Å². The number of pyridine rings is 2. The van der Waals surface area contributed by atoms with Crippen molar-refractivity contribution in [3.05, 3.63) is 144 Å². The van der Waals surface area contributed by atoms with Crippen molar-refractivity contribution in [3.8, 4) is 28.8 Å². The Bertz CT molecular complexity index is 2780. The highest BCUT2D eigenvalue weighted by atomic mass is 16.5. The summed E-state index contributed by atoms with van der Waals surface area (Å²) in [6, 6.07) is 36.8. The van der Waals surface area contributed by atoms with Crippen LogP contribution in [0, 0.1) is 6.33 Å². The second kappa shape index (κ2) is 13.4. The lowest BCUT2D eigenvalue weighted by molar-refractivity contribution is -0.572. The molecule has 6 heteroatoms.